The Morgan fingerprint density at radius 1 is 1.21 bits per heavy atom. The first kappa shape index (κ1) is 19.4. The van der Waals surface area contributed by atoms with E-state index in [1.807, 2.05) is 18.0 Å². The van der Waals surface area contributed by atoms with Crippen molar-refractivity contribution in [2.24, 2.45) is 0 Å². The van der Waals surface area contributed by atoms with Crippen LogP contribution >= 0.6 is 15.9 Å². The lowest BCUT2D eigenvalue weighted by Gasteiger charge is -2.39. The van der Waals surface area contributed by atoms with Crippen LogP contribution in [0.5, 0.6) is 0 Å². The number of hydrogen-bond acceptors (Lipinski definition) is 5. The van der Waals surface area contributed by atoms with E-state index in [0.717, 1.165) is 56.1 Å². The summed E-state index contributed by atoms with van der Waals surface area (Å²) in [4.78, 5) is 17.4. The highest BCUT2D eigenvalue weighted by Gasteiger charge is 2.33. The zero-order valence-corrected chi connectivity index (χ0v) is 17.0. The lowest BCUT2D eigenvalue weighted by molar-refractivity contribution is -0.137. The Morgan fingerprint density at radius 3 is 2.68 bits per heavy atom. The fourth-order valence-electron chi connectivity index (χ4n) is 3.57. The van der Waals surface area contributed by atoms with Gasteiger partial charge in [-0.25, -0.2) is 15.0 Å². The molecule has 0 radical (unpaired) electrons. The van der Waals surface area contributed by atoms with E-state index in [9.17, 15) is 13.2 Å². The lowest BCUT2D eigenvalue weighted by atomic mass is 10.0. The molecule has 5 nitrogen and oxygen atoms in total. The van der Waals surface area contributed by atoms with Crippen molar-refractivity contribution in [3.63, 3.8) is 0 Å². The van der Waals surface area contributed by atoms with Crippen LogP contribution in [0.4, 0.5) is 24.8 Å². The third kappa shape index (κ3) is 4.09. The van der Waals surface area contributed by atoms with E-state index in [4.69, 9.17) is 4.98 Å². The summed E-state index contributed by atoms with van der Waals surface area (Å²) in [6, 6.07) is 3.21. The fraction of sp³-hybridized carbons (Fsp3) is 0.526. The predicted molar refractivity (Wildman–Crippen MR) is 105 cm³/mol. The van der Waals surface area contributed by atoms with Crippen molar-refractivity contribution in [2.45, 2.75) is 43.8 Å². The summed E-state index contributed by atoms with van der Waals surface area (Å²) in [5, 5.41) is 0. The van der Waals surface area contributed by atoms with Gasteiger partial charge in [0.1, 0.15) is 17.5 Å². The van der Waals surface area contributed by atoms with Gasteiger partial charge in [0.15, 0.2) is 0 Å². The lowest BCUT2D eigenvalue weighted by Crippen LogP contribution is -2.47. The molecule has 150 valence electrons. The molecule has 0 N–H and O–H groups in total. The number of halogens is 4. The van der Waals surface area contributed by atoms with Crippen molar-refractivity contribution in [3.05, 3.63) is 40.4 Å². The van der Waals surface area contributed by atoms with Crippen molar-refractivity contribution in [1.29, 1.82) is 0 Å². The summed E-state index contributed by atoms with van der Waals surface area (Å²) in [5.74, 6) is 2.84. The average Bonchev–Trinajstić information content (AvgIpc) is 3.52. The van der Waals surface area contributed by atoms with Crippen LogP contribution in [0.2, 0.25) is 0 Å². The number of piperidine rings is 1. The summed E-state index contributed by atoms with van der Waals surface area (Å²) >= 11 is 3.27. The van der Waals surface area contributed by atoms with E-state index in [1.54, 1.807) is 6.20 Å². The quantitative estimate of drug-likeness (QED) is 0.671. The topological polar surface area (TPSA) is 45.2 Å². The SMILES string of the molecule is CN(c1ccnc(C2CC2)n1)C1CCCN(c2ncc(C(F)(F)F)cc2Br)C1. The maximum Gasteiger partial charge on any atom is 0.417 e. The first-order valence-corrected chi connectivity index (χ1v) is 10.2. The van der Waals surface area contributed by atoms with Crippen molar-refractivity contribution < 1.29 is 13.2 Å². The van der Waals surface area contributed by atoms with Crippen LogP contribution in [0.1, 0.15) is 43.0 Å². The minimum atomic E-state index is -4.40. The normalized spacial score (nSPS) is 20.3. The first-order chi connectivity index (χ1) is 13.3. The standard InChI is InChI=1S/C19H21BrF3N5/c1-27(16-6-7-24-17(26-16)12-4-5-12)14-3-2-8-28(11-14)18-15(20)9-13(10-25-18)19(21,22)23/h6-7,9-10,12,14H,2-5,8,11H2,1H3. The second kappa shape index (κ2) is 7.50. The van der Waals surface area contributed by atoms with Crippen LogP contribution in [-0.4, -0.2) is 41.1 Å². The van der Waals surface area contributed by atoms with Gasteiger partial charge in [0, 0.05) is 44.5 Å². The van der Waals surface area contributed by atoms with Gasteiger partial charge >= 0.3 is 6.18 Å². The summed E-state index contributed by atoms with van der Waals surface area (Å²) in [6.45, 7) is 1.44. The number of hydrogen-bond donors (Lipinski definition) is 0. The predicted octanol–water partition coefficient (Wildman–Crippen LogP) is 4.64. The molecule has 3 heterocycles. The Kier molecular flexibility index (Phi) is 5.20. The molecular weight excluding hydrogens is 435 g/mol. The number of pyridine rings is 1. The summed E-state index contributed by atoms with van der Waals surface area (Å²) < 4.78 is 39.1. The number of likely N-dealkylation sites (N-methyl/N-ethyl adjacent to an activating group) is 1. The maximum atomic E-state index is 12.9. The van der Waals surface area contributed by atoms with Crippen molar-refractivity contribution in [2.75, 3.05) is 29.9 Å². The minimum Gasteiger partial charge on any atom is -0.355 e. The van der Waals surface area contributed by atoms with Crippen LogP contribution in [0.3, 0.4) is 0 Å². The van der Waals surface area contributed by atoms with Gasteiger partial charge in [-0.2, -0.15) is 13.2 Å². The highest BCUT2D eigenvalue weighted by atomic mass is 79.9. The van der Waals surface area contributed by atoms with E-state index in [0.29, 0.717) is 22.8 Å². The molecule has 0 amide bonds. The van der Waals surface area contributed by atoms with E-state index < -0.39 is 11.7 Å². The van der Waals surface area contributed by atoms with Crippen molar-refractivity contribution in [3.8, 4) is 0 Å². The molecular formula is C19H21BrF3N5. The largest absolute Gasteiger partial charge is 0.417 e. The van der Waals surface area contributed by atoms with Gasteiger partial charge in [0.2, 0.25) is 0 Å². The molecule has 1 saturated heterocycles. The van der Waals surface area contributed by atoms with Gasteiger partial charge < -0.3 is 9.80 Å². The fourth-order valence-corrected chi connectivity index (χ4v) is 4.17. The van der Waals surface area contributed by atoms with Gasteiger partial charge in [-0.1, -0.05) is 0 Å². The van der Waals surface area contributed by atoms with E-state index in [1.165, 1.54) is 0 Å². The molecule has 1 aliphatic heterocycles. The molecule has 9 heteroatoms. The van der Waals surface area contributed by atoms with Gasteiger partial charge in [-0.05, 0) is 53.7 Å². The molecule has 1 atom stereocenters. The Morgan fingerprint density at radius 2 is 2.00 bits per heavy atom. The van der Waals surface area contributed by atoms with Crippen molar-refractivity contribution >= 4 is 27.6 Å². The second-order valence-electron chi connectivity index (χ2n) is 7.43. The Bertz CT molecular complexity index is 856. The third-order valence-corrected chi connectivity index (χ3v) is 5.94. The Labute approximate surface area is 170 Å². The van der Waals surface area contributed by atoms with Gasteiger partial charge in [-0.3, -0.25) is 0 Å². The number of aromatic nitrogens is 3. The van der Waals surface area contributed by atoms with Gasteiger partial charge in [-0.15, -0.1) is 0 Å². The molecule has 2 aliphatic rings. The van der Waals surface area contributed by atoms with E-state index >= 15 is 0 Å². The molecule has 28 heavy (non-hydrogen) atoms. The summed E-state index contributed by atoms with van der Waals surface area (Å²) in [5.41, 5.74) is -0.748. The second-order valence-corrected chi connectivity index (χ2v) is 8.28. The van der Waals surface area contributed by atoms with Crippen LogP contribution in [0, 0.1) is 0 Å². The molecule has 0 aromatic carbocycles. The number of rotatable bonds is 4. The molecule has 4 rings (SSSR count). The van der Waals surface area contributed by atoms with Crippen molar-refractivity contribution in [1.82, 2.24) is 15.0 Å². The first-order valence-electron chi connectivity index (χ1n) is 9.36. The molecule has 2 aromatic heterocycles. The Balaban J connectivity index is 1.50. The van der Waals surface area contributed by atoms with E-state index in [2.05, 4.69) is 30.8 Å². The molecule has 1 aliphatic carbocycles. The molecule has 0 spiro atoms. The monoisotopic (exact) mass is 455 g/mol. The minimum absolute atomic E-state index is 0.201. The van der Waals surface area contributed by atoms with Crippen LogP contribution in [0.15, 0.2) is 29.0 Å². The van der Waals surface area contributed by atoms with E-state index in [-0.39, 0.29) is 6.04 Å². The van der Waals surface area contributed by atoms with Crippen LogP contribution in [-0.2, 0) is 6.18 Å². The molecule has 1 unspecified atom stereocenters. The molecule has 2 aromatic rings. The number of alkyl halides is 3. The van der Waals surface area contributed by atoms with Crippen LogP contribution in [0.25, 0.3) is 0 Å². The molecule has 2 fully saturated rings. The summed E-state index contributed by atoms with van der Waals surface area (Å²) in [6.07, 6.45) is 2.54. The molecule has 0 bridgehead atoms. The smallest absolute Gasteiger partial charge is 0.355 e. The highest BCUT2D eigenvalue weighted by Crippen LogP contribution is 2.38. The maximum absolute atomic E-state index is 12.9. The Hall–Kier alpha value is -1.90. The third-order valence-electron chi connectivity index (χ3n) is 5.36. The number of anilines is 2. The van der Waals surface area contributed by atoms with Gasteiger partial charge in [0.05, 0.1) is 10.0 Å². The van der Waals surface area contributed by atoms with Crippen LogP contribution < -0.4 is 9.80 Å². The number of nitrogens with zero attached hydrogens (tertiary/aromatic N) is 5. The zero-order valence-electron chi connectivity index (χ0n) is 15.5. The van der Waals surface area contributed by atoms with Gasteiger partial charge in [0.25, 0.3) is 0 Å². The zero-order chi connectivity index (χ0) is 19.9. The molecule has 1 saturated carbocycles. The average molecular weight is 456 g/mol. The highest BCUT2D eigenvalue weighted by molar-refractivity contribution is 9.10. The summed E-state index contributed by atoms with van der Waals surface area (Å²) in [7, 11) is 2.02.